The van der Waals surface area contributed by atoms with Crippen molar-refractivity contribution in [3.8, 4) is 0 Å². The van der Waals surface area contributed by atoms with E-state index in [2.05, 4.69) is 38.2 Å². The predicted octanol–water partition coefficient (Wildman–Crippen LogP) is 11.0. The van der Waals surface area contributed by atoms with E-state index in [9.17, 15) is 36.2 Å². The Kier molecular flexibility index (Phi) is 39.5. The minimum Gasteiger partial charge on any atom is -0.746 e. The third kappa shape index (κ3) is 37.2. The van der Waals surface area contributed by atoms with Crippen molar-refractivity contribution in [1.29, 1.82) is 0 Å². The first-order chi connectivity index (χ1) is 23.6. The Balaban J connectivity index is -0.000000886. The van der Waals surface area contributed by atoms with Gasteiger partial charge in [-0.05, 0) is 90.9 Å². The second kappa shape index (κ2) is 36.1. The van der Waals surface area contributed by atoms with Crippen molar-refractivity contribution in [3.63, 3.8) is 0 Å². The molecule has 0 saturated heterocycles. The fourth-order valence-corrected chi connectivity index (χ4v) is 6.44. The van der Waals surface area contributed by atoms with Gasteiger partial charge in [0.05, 0.1) is 0 Å². The van der Waals surface area contributed by atoms with Crippen molar-refractivity contribution in [2.75, 3.05) is 0 Å². The Hall–Kier alpha value is 0.480. The van der Waals surface area contributed by atoms with E-state index in [1.807, 2.05) is 0 Å². The summed E-state index contributed by atoms with van der Waals surface area (Å²) >= 11 is 0. The first-order valence-corrected chi connectivity index (χ1v) is 23.1. The van der Waals surface area contributed by atoms with Crippen molar-refractivity contribution in [2.45, 2.75) is 230 Å². The van der Waals surface area contributed by atoms with Gasteiger partial charge in [-0.2, -0.15) is 0 Å². The standard InChI is InChI=1S/2C20H40O4S.Ca/c2*1-3-4-5-6-7-8-9-10-11-12-13-14-15-16-17-18-19-20(2,21)25(22,23)24;/h2*10-11,21H,3-9,12-19H2,1-2H3,(H,22,23,24);/q;;+2/p-2/b2*11-10-;. The first-order valence-electron chi connectivity index (χ1n) is 20.3. The maximum absolute atomic E-state index is 10.8. The molecule has 0 aromatic carbocycles. The van der Waals surface area contributed by atoms with Crippen LogP contribution in [-0.4, -0.2) is 83.8 Å². The number of aliphatic hydroxyl groups is 2. The van der Waals surface area contributed by atoms with Gasteiger partial charge in [-0.15, -0.1) is 0 Å². The minimum absolute atomic E-state index is 0. The molecule has 0 aromatic rings. The van der Waals surface area contributed by atoms with Gasteiger partial charge < -0.3 is 19.3 Å². The fourth-order valence-electron chi connectivity index (χ4n) is 5.65. The molecule has 0 aliphatic rings. The van der Waals surface area contributed by atoms with Gasteiger partial charge in [0, 0.05) is 0 Å². The normalized spacial score (nSPS) is 14.6. The van der Waals surface area contributed by atoms with Crippen LogP contribution in [0.4, 0.5) is 0 Å². The van der Waals surface area contributed by atoms with Crippen LogP contribution in [0, 0.1) is 0 Å². The van der Waals surface area contributed by atoms with E-state index < -0.39 is 30.1 Å². The smallest absolute Gasteiger partial charge is 0.746 e. The molecule has 2 unspecified atom stereocenters. The van der Waals surface area contributed by atoms with E-state index >= 15 is 0 Å². The maximum atomic E-state index is 10.8. The summed E-state index contributed by atoms with van der Waals surface area (Å²) in [6.45, 7) is 6.67. The van der Waals surface area contributed by atoms with E-state index in [4.69, 9.17) is 0 Å². The zero-order chi connectivity index (χ0) is 38.0. The Morgan fingerprint density at radius 3 is 0.824 bits per heavy atom. The Labute approximate surface area is 346 Å². The molecule has 300 valence electrons. The van der Waals surface area contributed by atoms with Crippen LogP contribution in [-0.2, 0) is 20.2 Å². The molecule has 0 aliphatic heterocycles. The number of rotatable bonds is 34. The molecule has 0 heterocycles. The second-order valence-corrected chi connectivity index (χ2v) is 18.2. The zero-order valence-corrected chi connectivity index (χ0v) is 37.2. The number of hydrogen-bond acceptors (Lipinski definition) is 8. The van der Waals surface area contributed by atoms with Crippen LogP contribution < -0.4 is 0 Å². The summed E-state index contributed by atoms with van der Waals surface area (Å²) in [5.41, 5.74) is 0. The summed E-state index contributed by atoms with van der Waals surface area (Å²) in [4.78, 5) is -4.23. The van der Waals surface area contributed by atoms with E-state index in [1.54, 1.807) is 0 Å². The van der Waals surface area contributed by atoms with Crippen molar-refractivity contribution in [3.05, 3.63) is 24.3 Å². The van der Waals surface area contributed by atoms with Crippen LogP contribution in [0.2, 0.25) is 0 Å². The summed E-state index contributed by atoms with van der Waals surface area (Å²) < 4.78 is 65.0. The summed E-state index contributed by atoms with van der Waals surface area (Å²) in [6, 6.07) is 0. The molecule has 11 heteroatoms. The number of allylic oxidation sites excluding steroid dienone is 4. The quantitative estimate of drug-likeness (QED) is 0.0282. The molecule has 0 rings (SSSR count). The maximum Gasteiger partial charge on any atom is 2.00 e. The Bertz CT molecular complexity index is 943. The molecule has 8 nitrogen and oxygen atoms in total. The molecule has 0 radical (unpaired) electrons. The number of unbranched alkanes of at least 4 members (excludes halogenated alkanes) is 24. The molecule has 0 spiro atoms. The first kappa shape index (κ1) is 55.8. The zero-order valence-electron chi connectivity index (χ0n) is 33.4. The SMILES string of the molecule is CCCCCCCC/C=C\CCCCCCCCC(C)(O)S(=O)(=O)[O-].CCCCCCCC/C=C\CCCCCCCCC(C)(O)S(=O)(=O)[O-].[Ca+2]. The van der Waals surface area contributed by atoms with Gasteiger partial charge in [0.25, 0.3) is 0 Å². The summed E-state index contributed by atoms with van der Waals surface area (Å²) in [6.07, 6.45) is 42.0. The Morgan fingerprint density at radius 1 is 0.412 bits per heavy atom. The van der Waals surface area contributed by atoms with Gasteiger partial charge in [0.15, 0.2) is 9.87 Å². The third-order valence-electron chi connectivity index (χ3n) is 9.38. The van der Waals surface area contributed by atoms with Crippen molar-refractivity contribution in [1.82, 2.24) is 0 Å². The molecule has 2 N–H and O–H groups in total. The molecule has 0 aromatic heterocycles. The molecule has 0 amide bonds. The molecule has 0 saturated carbocycles. The fraction of sp³-hybridized carbons (Fsp3) is 0.900. The van der Waals surface area contributed by atoms with Crippen molar-refractivity contribution in [2.24, 2.45) is 0 Å². The van der Waals surface area contributed by atoms with Gasteiger partial charge in [-0.1, -0.05) is 154 Å². The van der Waals surface area contributed by atoms with Crippen LogP contribution in [0.25, 0.3) is 0 Å². The predicted molar refractivity (Wildman–Crippen MR) is 215 cm³/mol. The second-order valence-electron chi connectivity index (χ2n) is 14.6. The van der Waals surface area contributed by atoms with Crippen LogP contribution >= 0.6 is 0 Å². The van der Waals surface area contributed by atoms with E-state index in [0.717, 1.165) is 65.2 Å². The number of hydrogen-bond donors (Lipinski definition) is 2. The summed E-state index contributed by atoms with van der Waals surface area (Å²) in [7, 11) is -9.25. The van der Waals surface area contributed by atoms with Crippen LogP contribution in [0.5, 0.6) is 0 Å². The van der Waals surface area contributed by atoms with Gasteiger partial charge in [0.2, 0.25) is 0 Å². The van der Waals surface area contributed by atoms with Crippen LogP contribution in [0.1, 0.15) is 220 Å². The van der Waals surface area contributed by atoms with E-state index in [0.29, 0.717) is 12.8 Å². The van der Waals surface area contributed by atoms with Gasteiger partial charge >= 0.3 is 37.7 Å². The molecule has 0 aliphatic carbocycles. The van der Waals surface area contributed by atoms with Gasteiger partial charge in [0.1, 0.15) is 20.2 Å². The van der Waals surface area contributed by atoms with E-state index in [-0.39, 0.29) is 50.6 Å². The molecular formula is C40H78CaO8S2. The van der Waals surface area contributed by atoms with Gasteiger partial charge in [-0.3, -0.25) is 0 Å². The third-order valence-corrected chi connectivity index (χ3v) is 11.9. The monoisotopic (exact) mass is 790 g/mol. The average Bonchev–Trinajstić information content (AvgIpc) is 3.03. The summed E-state index contributed by atoms with van der Waals surface area (Å²) in [5.74, 6) is 0. The van der Waals surface area contributed by atoms with Crippen LogP contribution in [0.15, 0.2) is 24.3 Å². The molecule has 0 bridgehead atoms. The summed E-state index contributed by atoms with van der Waals surface area (Å²) in [5, 5.41) is 19.1. The van der Waals surface area contributed by atoms with E-state index in [1.165, 1.54) is 116 Å². The largest absolute Gasteiger partial charge is 2.00 e. The topological polar surface area (TPSA) is 155 Å². The van der Waals surface area contributed by atoms with Crippen LogP contribution in [0.3, 0.4) is 0 Å². The van der Waals surface area contributed by atoms with Gasteiger partial charge in [-0.25, -0.2) is 16.8 Å². The average molecular weight is 791 g/mol. The molecular weight excluding hydrogens is 713 g/mol. The van der Waals surface area contributed by atoms with Crippen molar-refractivity contribution >= 4 is 58.0 Å². The minimum atomic E-state index is -4.63. The molecule has 2 atom stereocenters. The van der Waals surface area contributed by atoms with Crippen molar-refractivity contribution < 1.29 is 36.2 Å². The molecule has 0 fully saturated rings. The Morgan fingerprint density at radius 2 is 0.608 bits per heavy atom. The molecule has 51 heavy (non-hydrogen) atoms.